The summed E-state index contributed by atoms with van der Waals surface area (Å²) in [6.07, 6.45) is 7.15. The molecule has 0 spiro atoms. The zero-order valence-electron chi connectivity index (χ0n) is 9.20. The van der Waals surface area contributed by atoms with E-state index in [-0.39, 0.29) is 0 Å². The summed E-state index contributed by atoms with van der Waals surface area (Å²) >= 11 is 0. The average molecular weight is 193 g/mol. The normalized spacial score (nSPS) is 11.7. The summed E-state index contributed by atoms with van der Waals surface area (Å²) in [5.41, 5.74) is 1.15. The van der Waals surface area contributed by atoms with Crippen LogP contribution in [-0.4, -0.2) is 22.4 Å². The van der Waals surface area contributed by atoms with Crippen LogP contribution in [0.5, 0.6) is 0 Å². The molecule has 0 atom stereocenters. The molecule has 0 bridgehead atoms. The molecule has 0 aliphatic carbocycles. The highest BCUT2D eigenvalue weighted by Gasteiger charge is 1.91. The lowest BCUT2D eigenvalue weighted by molar-refractivity contribution is 0.595. The first-order valence-electron chi connectivity index (χ1n) is 5.08. The first-order chi connectivity index (χ1) is 6.70. The van der Waals surface area contributed by atoms with Crippen molar-refractivity contribution in [2.45, 2.75) is 26.3 Å². The number of hydrogen-bond donors (Lipinski definition) is 1. The molecule has 0 unspecified atom stereocenters. The van der Waals surface area contributed by atoms with Crippen molar-refractivity contribution in [2.24, 2.45) is 7.05 Å². The second-order valence-corrected chi connectivity index (χ2v) is 3.68. The number of aromatic nitrogens is 2. The molecule has 1 heterocycles. The molecule has 1 aromatic rings. The quantitative estimate of drug-likeness (QED) is 0.723. The Labute approximate surface area is 85.8 Å². The summed E-state index contributed by atoms with van der Waals surface area (Å²) in [6, 6.07) is 2.58. The van der Waals surface area contributed by atoms with Gasteiger partial charge in [-0.3, -0.25) is 4.68 Å². The highest BCUT2D eigenvalue weighted by atomic mass is 15.2. The number of aryl methyl sites for hydroxylation is 1. The fraction of sp³-hybridized carbons (Fsp3) is 0.545. The summed E-state index contributed by atoms with van der Waals surface area (Å²) in [7, 11) is 1.95. The van der Waals surface area contributed by atoms with Crippen LogP contribution < -0.4 is 5.32 Å². The van der Waals surface area contributed by atoms with Gasteiger partial charge in [0.05, 0.1) is 5.69 Å². The number of rotatable bonds is 5. The molecule has 78 valence electrons. The summed E-state index contributed by atoms with van der Waals surface area (Å²) in [5.74, 6) is 0. The van der Waals surface area contributed by atoms with E-state index >= 15 is 0 Å². The monoisotopic (exact) mass is 193 g/mol. The Morgan fingerprint density at radius 1 is 1.57 bits per heavy atom. The second kappa shape index (κ2) is 5.60. The molecule has 1 N–H and O–H groups in total. The summed E-state index contributed by atoms with van der Waals surface area (Å²) in [6.45, 7) is 5.35. The van der Waals surface area contributed by atoms with Crippen LogP contribution in [-0.2, 0) is 7.05 Å². The SMILES string of the molecule is CC(C)NCCC=Cc1ccnn1C. The van der Waals surface area contributed by atoms with Crippen molar-refractivity contribution in [3.05, 3.63) is 24.0 Å². The fourth-order valence-corrected chi connectivity index (χ4v) is 1.21. The van der Waals surface area contributed by atoms with Crippen molar-refractivity contribution in [3.8, 4) is 0 Å². The van der Waals surface area contributed by atoms with E-state index in [2.05, 4.69) is 36.4 Å². The molecule has 0 aliphatic heterocycles. The third-order valence-corrected chi connectivity index (χ3v) is 2.01. The highest BCUT2D eigenvalue weighted by Crippen LogP contribution is 1.99. The van der Waals surface area contributed by atoms with Crippen molar-refractivity contribution in [3.63, 3.8) is 0 Å². The fourth-order valence-electron chi connectivity index (χ4n) is 1.21. The Hall–Kier alpha value is -1.09. The first-order valence-corrected chi connectivity index (χ1v) is 5.08. The smallest absolute Gasteiger partial charge is 0.0603 e. The molecule has 0 aliphatic rings. The minimum atomic E-state index is 0.570. The van der Waals surface area contributed by atoms with E-state index < -0.39 is 0 Å². The average Bonchev–Trinajstić information content (AvgIpc) is 2.51. The predicted molar refractivity (Wildman–Crippen MR) is 60.0 cm³/mol. The molecule has 1 rings (SSSR count). The first kappa shape index (κ1) is 11.0. The second-order valence-electron chi connectivity index (χ2n) is 3.68. The van der Waals surface area contributed by atoms with Gasteiger partial charge in [0.15, 0.2) is 0 Å². The van der Waals surface area contributed by atoms with Gasteiger partial charge in [-0.1, -0.05) is 19.9 Å². The van der Waals surface area contributed by atoms with Gasteiger partial charge in [0.25, 0.3) is 0 Å². The lowest BCUT2D eigenvalue weighted by Gasteiger charge is -2.04. The Bertz CT molecular complexity index is 286. The Kier molecular flexibility index (Phi) is 4.40. The van der Waals surface area contributed by atoms with Crippen LogP contribution >= 0.6 is 0 Å². The maximum absolute atomic E-state index is 4.09. The summed E-state index contributed by atoms with van der Waals surface area (Å²) in [5, 5.41) is 7.46. The standard InChI is InChI=1S/C11H19N3/c1-10(2)12-8-5-4-6-11-7-9-13-14(11)3/h4,6-7,9-10,12H,5,8H2,1-3H3. The van der Waals surface area contributed by atoms with E-state index in [0.717, 1.165) is 18.7 Å². The van der Waals surface area contributed by atoms with Crippen LogP contribution in [0.15, 0.2) is 18.3 Å². The van der Waals surface area contributed by atoms with Crippen molar-refractivity contribution >= 4 is 6.08 Å². The molecule has 0 fully saturated rings. The van der Waals surface area contributed by atoms with E-state index in [1.54, 1.807) is 0 Å². The number of nitrogens with zero attached hydrogens (tertiary/aromatic N) is 2. The van der Waals surface area contributed by atoms with Gasteiger partial charge in [0.2, 0.25) is 0 Å². The number of hydrogen-bond acceptors (Lipinski definition) is 2. The maximum atomic E-state index is 4.09. The summed E-state index contributed by atoms with van der Waals surface area (Å²) < 4.78 is 1.87. The van der Waals surface area contributed by atoms with Gasteiger partial charge in [-0.15, -0.1) is 0 Å². The van der Waals surface area contributed by atoms with Gasteiger partial charge in [0.1, 0.15) is 0 Å². The lowest BCUT2D eigenvalue weighted by atomic mass is 10.3. The Morgan fingerprint density at radius 3 is 2.93 bits per heavy atom. The van der Waals surface area contributed by atoms with Gasteiger partial charge in [-0.05, 0) is 25.1 Å². The van der Waals surface area contributed by atoms with Crippen molar-refractivity contribution < 1.29 is 0 Å². The molecule has 0 saturated heterocycles. The van der Waals surface area contributed by atoms with Crippen LogP contribution in [0.4, 0.5) is 0 Å². The molecule has 0 amide bonds. The topological polar surface area (TPSA) is 29.9 Å². The van der Waals surface area contributed by atoms with E-state index in [1.807, 2.05) is 24.0 Å². The molecule has 3 nitrogen and oxygen atoms in total. The molecular formula is C11H19N3. The Morgan fingerprint density at radius 2 is 2.36 bits per heavy atom. The minimum absolute atomic E-state index is 0.570. The largest absolute Gasteiger partial charge is 0.314 e. The minimum Gasteiger partial charge on any atom is -0.314 e. The molecular weight excluding hydrogens is 174 g/mol. The van der Waals surface area contributed by atoms with Crippen molar-refractivity contribution in [1.82, 2.24) is 15.1 Å². The zero-order chi connectivity index (χ0) is 10.4. The highest BCUT2D eigenvalue weighted by molar-refractivity contribution is 5.43. The van der Waals surface area contributed by atoms with Gasteiger partial charge < -0.3 is 5.32 Å². The van der Waals surface area contributed by atoms with Gasteiger partial charge in [-0.25, -0.2) is 0 Å². The number of nitrogens with one attached hydrogen (secondary N) is 1. The van der Waals surface area contributed by atoms with E-state index in [4.69, 9.17) is 0 Å². The Balaban J connectivity index is 2.25. The molecule has 0 aromatic carbocycles. The van der Waals surface area contributed by atoms with E-state index in [1.165, 1.54) is 0 Å². The molecule has 1 aromatic heterocycles. The van der Waals surface area contributed by atoms with Crippen molar-refractivity contribution in [1.29, 1.82) is 0 Å². The van der Waals surface area contributed by atoms with Crippen LogP contribution in [0.2, 0.25) is 0 Å². The third-order valence-electron chi connectivity index (χ3n) is 2.01. The summed E-state index contributed by atoms with van der Waals surface area (Å²) in [4.78, 5) is 0. The zero-order valence-corrected chi connectivity index (χ0v) is 9.20. The van der Waals surface area contributed by atoms with Crippen LogP contribution in [0, 0.1) is 0 Å². The van der Waals surface area contributed by atoms with Crippen molar-refractivity contribution in [2.75, 3.05) is 6.54 Å². The van der Waals surface area contributed by atoms with E-state index in [0.29, 0.717) is 6.04 Å². The molecule has 14 heavy (non-hydrogen) atoms. The van der Waals surface area contributed by atoms with Crippen LogP contribution in [0.3, 0.4) is 0 Å². The van der Waals surface area contributed by atoms with Gasteiger partial charge in [-0.2, -0.15) is 5.10 Å². The molecule has 3 heteroatoms. The van der Waals surface area contributed by atoms with Crippen LogP contribution in [0.1, 0.15) is 26.0 Å². The third kappa shape index (κ3) is 3.75. The van der Waals surface area contributed by atoms with Gasteiger partial charge in [0, 0.05) is 19.3 Å². The van der Waals surface area contributed by atoms with Gasteiger partial charge >= 0.3 is 0 Å². The lowest BCUT2D eigenvalue weighted by Crippen LogP contribution is -2.23. The van der Waals surface area contributed by atoms with E-state index in [9.17, 15) is 0 Å². The molecule has 0 saturated carbocycles. The maximum Gasteiger partial charge on any atom is 0.0603 e. The molecule has 0 radical (unpaired) electrons. The van der Waals surface area contributed by atoms with Crippen LogP contribution in [0.25, 0.3) is 6.08 Å². The predicted octanol–water partition coefficient (Wildman–Crippen LogP) is 1.82.